The van der Waals surface area contributed by atoms with Crippen LogP contribution in [0.25, 0.3) is 0 Å². The predicted octanol–water partition coefficient (Wildman–Crippen LogP) is 1.93. The Hall–Kier alpha value is -2.64. The number of imide groups is 1. The van der Waals surface area contributed by atoms with E-state index in [2.05, 4.69) is 11.9 Å². The van der Waals surface area contributed by atoms with E-state index in [4.69, 9.17) is 10.5 Å². The number of amides is 4. The third-order valence-corrected chi connectivity index (χ3v) is 6.21. The van der Waals surface area contributed by atoms with Crippen molar-refractivity contribution in [3.63, 3.8) is 0 Å². The van der Waals surface area contributed by atoms with Crippen LogP contribution in [0.3, 0.4) is 0 Å². The van der Waals surface area contributed by atoms with E-state index < -0.39 is 5.91 Å². The molecule has 4 rings (SSSR count). The summed E-state index contributed by atoms with van der Waals surface area (Å²) in [5, 5.41) is 0. The minimum atomic E-state index is -0.564. The summed E-state index contributed by atoms with van der Waals surface area (Å²) >= 11 is 0. The molecule has 2 N–H and O–H groups in total. The zero-order valence-electron chi connectivity index (χ0n) is 16.3. The molecular weight excluding hydrogens is 360 g/mol. The summed E-state index contributed by atoms with van der Waals surface area (Å²) in [6.45, 7) is 4.77. The Morgan fingerprint density at radius 2 is 2.18 bits per heavy atom. The molecule has 8 nitrogen and oxygen atoms in total. The Bertz CT molecular complexity index is 798. The molecule has 1 aromatic rings. The molecule has 8 heteroatoms. The monoisotopic (exact) mass is 386 g/mol. The van der Waals surface area contributed by atoms with E-state index in [-0.39, 0.29) is 47.0 Å². The highest BCUT2D eigenvalue weighted by Gasteiger charge is 2.51. The number of fused-ring (bicyclic) bond motifs is 1. The fourth-order valence-corrected chi connectivity index (χ4v) is 4.98. The summed E-state index contributed by atoms with van der Waals surface area (Å²) in [5.41, 5.74) is 5.62. The van der Waals surface area contributed by atoms with Crippen molar-refractivity contribution in [2.45, 2.75) is 64.1 Å². The third kappa shape index (κ3) is 3.10. The van der Waals surface area contributed by atoms with Gasteiger partial charge in [-0.2, -0.15) is 0 Å². The lowest BCUT2D eigenvalue weighted by Gasteiger charge is -2.46. The summed E-state index contributed by atoms with van der Waals surface area (Å²) in [6.07, 6.45) is 5.47. The highest BCUT2D eigenvalue weighted by Crippen LogP contribution is 2.47. The molecule has 1 saturated carbocycles. The Morgan fingerprint density at radius 1 is 1.43 bits per heavy atom. The molecule has 3 heterocycles. The van der Waals surface area contributed by atoms with Crippen molar-refractivity contribution < 1.29 is 19.1 Å². The van der Waals surface area contributed by atoms with Gasteiger partial charge in [0.15, 0.2) is 0 Å². The molecule has 1 unspecified atom stereocenters. The quantitative estimate of drug-likeness (QED) is 0.752. The van der Waals surface area contributed by atoms with Gasteiger partial charge < -0.3 is 15.4 Å². The van der Waals surface area contributed by atoms with Gasteiger partial charge >= 0.3 is 6.03 Å². The second-order valence-electron chi connectivity index (χ2n) is 8.57. The lowest BCUT2D eigenvalue weighted by atomic mass is 9.65. The van der Waals surface area contributed by atoms with Crippen molar-refractivity contribution in [3.05, 3.63) is 23.9 Å². The highest BCUT2D eigenvalue weighted by molar-refractivity contribution is 6.04. The van der Waals surface area contributed by atoms with Gasteiger partial charge in [-0.3, -0.25) is 14.5 Å². The molecule has 1 aromatic heterocycles. The van der Waals surface area contributed by atoms with Crippen LogP contribution in [0.15, 0.2) is 18.3 Å². The molecule has 0 bridgehead atoms. The molecule has 3 aliphatic rings. The lowest BCUT2D eigenvalue weighted by Crippen LogP contribution is -2.48. The number of nitrogens with two attached hydrogens (primary N) is 1. The number of primary amides is 1. The zero-order valence-corrected chi connectivity index (χ0v) is 16.3. The summed E-state index contributed by atoms with van der Waals surface area (Å²) < 4.78 is 5.88. The maximum atomic E-state index is 12.6. The van der Waals surface area contributed by atoms with Crippen LogP contribution in [0.4, 0.5) is 4.79 Å². The number of urea groups is 1. The molecule has 0 spiro atoms. The number of ether oxygens (including phenoxy) is 1. The number of carbonyl (C=O) groups is 3. The van der Waals surface area contributed by atoms with Crippen molar-refractivity contribution in [2.75, 3.05) is 6.54 Å². The highest BCUT2D eigenvalue weighted by atomic mass is 16.5. The summed E-state index contributed by atoms with van der Waals surface area (Å²) in [6, 6.07) is 2.70. The number of aromatic nitrogens is 1. The SMILES string of the molecule is C[C@@H](CC1(C)CC(Oc2ncccc2C(N)=O)C1)N1C(=O)C2CCCN2C1=O. The van der Waals surface area contributed by atoms with E-state index in [9.17, 15) is 14.4 Å². The molecule has 28 heavy (non-hydrogen) atoms. The standard InChI is InChI=1S/C20H26N4O4/c1-12(24-18(26)15-6-4-8-23(15)19(24)27)9-20(2)10-13(11-20)28-17-14(16(21)25)5-3-7-22-17/h3,5,7,12-13,15H,4,6,8-11H2,1-2H3,(H2,21,25)/t12-,13?,15?,20?/m0/s1. The van der Waals surface area contributed by atoms with Crippen LogP contribution in [0.1, 0.15) is 56.3 Å². The smallest absolute Gasteiger partial charge is 0.327 e. The van der Waals surface area contributed by atoms with Gasteiger partial charge in [0, 0.05) is 18.8 Å². The fourth-order valence-electron chi connectivity index (χ4n) is 4.98. The van der Waals surface area contributed by atoms with Gasteiger partial charge in [-0.15, -0.1) is 0 Å². The molecular formula is C20H26N4O4. The molecule has 2 aliphatic heterocycles. The summed E-state index contributed by atoms with van der Waals surface area (Å²) in [4.78, 5) is 44.0. The number of pyridine rings is 1. The molecule has 4 amide bonds. The average molecular weight is 386 g/mol. The van der Waals surface area contributed by atoms with Gasteiger partial charge in [0.05, 0.1) is 0 Å². The topological polar surface area (TPSA) is 106 Å². The normalized spacial score (nSPS) is 30.2. The van der Waals surface area contributed by atoms with E-state index in [1.807, 2.05) is 6.92 Å². The molecule has 1 aliphatic carbocycles. The second-order valence-corrected chi connectivity index (χ2v) is 8.57. The Morgan fingerprint density at radius 3 is 2.86 bits per heavy atom. The average Bonchev–Trinajstić information content (AvgIpc) is 3.18. The maximum Gasteiger partial charge on any atom is 0.327 e. The van der Waals surface area contributed by atoms with Crippen molar-refractivity contribution in [3.8, 4) is 5.88 Å². The van der Waals surface area contributed by atoms with Gasteiger partial charge in [0.1, 0.15) is 17.7 Å². The van der Waals surface area contributed by atoms with Crippen LogP contribution in [0.5, 0.6) is 5.88 Å². The Labute approximate surface area is 164 Å². The summed E-state index contributed by atoms with van der Waals surface area (Å²) in [5.74, 6) is -0.351. The maximum absolute atomic E-state index is 12.6. The minimum Gasteiger partial charge on any atom is -0.474 e. The molecule has 0 aromatic carbocycles. The van der Waals surface area contributed by atoms with Gasteiger partial charge in [-0.25, -0.2) is 9.78 Å². The molecule has 2 atom stereocenters. The van der Waals surface area contributed by atoms with Gasteiger partial charge in [0.2, 0.25) is 5.88 Å². The number of carbonyl (C=O) groups excluding carboxylic acids is 3. The third-order valence-electron chi connectivity index (χ3n) is 6.21. The van der Waals surface area contributed by atoms with Crippen LogP contribution in [0, 0.1) is 5.41 Å². The van der Waals surface area contributed by atoms with Crippen LogP contribution in [0.2, 0.25) is 0 Å². The fraction of sp³-hybridized carbons (Fsp3) is 0.600. The van der Waals surface area contributed by atoms with Crippen LogP contribution >= 0.6 is 0 Å². The van der Waals surface area contributed by atoms with Crippen molar-refractivity contribution in [1.29, 1.82) is 0 Å². The van der Waals surface area contributed by atoms with E-state index in [1.165, 1.54) is 4.90 Å². The number of rotatable bonds is 6. The van der Waals surface area contributed by atoms with Crippen molar-refractivity contribution >= 4 is 17.8 Å². The Kier molecular flexibility index (Phi) is 4.51. The van der Waals surface area contributed by atoms with Crippen molar-refractivity contribution in [1.82, 2.24) is 14.8 Å². The number of hydrogen-bond donors (Lipinski definition) is 1. The number of hydrogen-bond acceptors (Lipinski definition) is 5. The largest absolute Gasteiger partial charge is 0.474 e. The van der Waals surface area contributed by atoms with Crippen LogP contribution in [-0.4, -0.2) is 57.4 Å². The van der Waals surface area contributed by atoms with E-state index in [0.29, 0.717) is 6.54 Å². The van der Waals surface area contributed by atoms with Crippen molar-refractivity contribution in [2.24, 2.45) is 11.1 Å². The molecule has 0 radical (unpaired) electrons. The van der Waals surface area contributed by atoms with E-state index in [0.717, 1.165) is 32.1 Å². The lowest BCUT2D eigenvalue weighted by molar-refractivity contribution is -0.130. The first-order chi connectivity index (χ1) is 13.3. The summed E-state index contributed by atoms with van der Waals surface area (Å²) in [7, 11) is 0. The Balaban J connectivity index is 1.35. The first kappa shape index (κ1) is 18.7. The van der Waals surface area contributed by atoms with Crippen LogP contribution in [-0.2, 0) is 4.79 Å². The van der Waals surface area contributed by atoms with E-state index >= 15 is 0 Å². The number of nitrogens with zero attached hydrogens (tertiary/aromatic N) is 3. The molecule has 150 valence electrons. The zero-order chi connectivity index (χ0) is 20.1. The molecule has 3 fully saturated rings. The van der Waals surface area contributed by atoms with Crippen LogP contribution < -0.4 is 10.5 Å². The van der Waals surface area contributed by atoms with E-state index in [1.54, 1.807) is 23.2 Å². The second kappa shape index (κ2) is 6.76. The first-order valence-corrected chi connectivity index (χ1v) is 9.84. The molecule has 2 saturated heterocycles. The first-order valence-electron chi connectivity index (χ1n) is 9.84. The predicted molar refractivity (Wildman–Crippen MR) is 101 cm³/mol. The minimum absolute atomic E-state index is 0.0284. The van der Waals surface area contributed by atoms with Gasteiger partial charge in [0.25, 0.3) is 11.8 Å². The van der Waals surface area contributed by atoms with Gasteiger partial charge in [-0.1, -0.05) is 6.92 Å². The van der Waals surface area contributed by atoms with Gasteiger partial charge in [-0.05, 0) is 56.6 Å².